The van der Waals surface area contributed by atoms with Gasteiger partial charge in [-0.05, 0) is 92.3 Å². The summed E-state index contributed by atoms with van der Waals surface area (Å²) in [5, 5.41) is 9.34. The number of hydrogen-bond acceptors (Lipinski definition) is 2. The number of benzene rings is 2. The monoisotopic (exact) mass is 682 g/mol. The number of phenols is 1. The number of hydrogen-bond donors (Lipinski definition) is 1. The average Bonchev–Trinajstić information content (AvgIpc) is 2.71. The van der Waals surface area contributed by atoms with Crippen molar-refractivity contribution in [2.24, 2.45) is 0 Å². The largest absolute Gasteiger partial charge is 0.543 e. The Labute approximate surface area is 248 Å². The van der Waals surface area contributed by atoms with Crippen molar-refractivity contribution in [3.63, 3.8) is 0 Å². The van der Waals surface area contributed by atoms with Gasteiger partial charge in [0.05, 0.1) is 0 Å². The first-order valence-electron chi connectivity index (χ1n) is 12.5. The molecule has 0 amide bonds. The Morgan fingerprint density at radius 1 is 0.861 bits per heavy atom. The van der Waals surface area contributed by atoms with Crippen molar-refractivity contribution in [3.05, 3.63) is 55.5 Å². The fraction of sp³-hybridized carbons (Fsp3) is 0.586. The summed E-state index contributed by atoms with van der Waals surface area (Å²) in [6, 6.07) is 7.71. The molecule has 0 saturated heterocycles. The summed E-state index contributed by atoms with van der Waals surface area (Å²) in [7, 11) is -1.84. The van der Waals surface area contributed by atoms with E-state index in [1.807, 2.05) is 20.4 Å². The van der Waals surface area contributed by atoms with Gasteiger partial charge in [-0.15, -0.1) is 0 Å². The third-order valence-electron chi connectivity index (χ3n) is 5.72. The average molecular weight is 685 g/mol. The minimum absolute atomic E-state index is 0. The van der Waals surface area contributed by atoms with E-state index < -0.39 is 8.32 Å². The van der Waals surface area contributed by atoms with Crippen LogP contribution in [-0.4, -0.2) is 22.3 Å². The number of rotatable bonds is 4. The van der Waals surface area contributed by atoms with E-state index in [0.29, 0.717) is 5.75 Å². The van der Waals surface area contributed by atoms with Crippen molar-refractivity contribution >= 4 is 60.1 Å². The SMILES string of the molecule is C.CCCCC.C[SiH2]Cl.Cc1cc(O)cc(C)c1Br.Cc1cc(O[Si](C)(C)C(C)(C)C)cc(C)c1Br. The molecule has 0 aromatic heterocycles. The van der Waals surface area contributed by atoms with E-state index >= 15 is 0 Å². The molecule has 0 saturated carbocycles. The molecule has 2 nitrogen and oxygen atoms in total. The van der Waals surface area contributed by atoms with Crippen LogP contribution in [0.4, 0.5) is 0 Å². The first-order valence-corrected chi connectivity index (χ1v) is 20.5. The predicted molar refractivity (Wildman–Crippen MR) is 179 cm³/mol. The zero-order valence-electron chi connectivity index (χ0n) is 24.1. The molecule has 36 heavy (non-hydrogen) atoms. The molecule has 0 aliphatic carbocycles. The summed E-state index contributed by atoms with van der Waals surface area (Å²) in [5.74, 6) is 1.34. The van der Waals surface area contributed by atoms with E-state index in [9.17, 15) is 0 Å². The van der Waals surface area contributed by atoms with Crippen LogP contribution in [-0.2, 0) is 0 Å². The standard InChI is InChI=1S/C14H23BrOSi.C8H9BrO.C5H12.CH5ClSi.CH4/c1-10-8-12(9-11(2)13(10)15)16-17(6,7)14(3,4)5;1-5-3-7(10)4-6(2)8(5)9;1-3-5-4-2;1-3-2;/h8-9H,1-7H3;3-4,10H,1-2H3;3-5H2,1-2H3;3H2,1H3;1H4. The van der Waals surface area contributed by atoms with Gasteiger partial charge >= 0.3 is 0 Å². The second-order valence-corrected chi connectivity index (χ2v) is 18.7. The second kappa shape index (κ2) is 19.7. The molecule has 0 unspecified atom stereocenters. The van der Waals surface area contributed by atoms with Crippen molar-refractivity contribution in [3.8, 4) is 11.5 Å². The highest BCUT2D eigenvalue weighted by molar-refractivity contribution is 9.10. The molecular weight excluding hydrogens is 632 g/mol. The van der Waals surface area contributed by atoms with Gasteiger partial charge in [0.15, 0.2) is 0 Å². The van der Waals surface area contributed by atoms with E-state index in [0.717, 1.165) is 21.3 Å². The van der Waals surface area contributed by atoms with Crippen LogP contribution in [0.5, 0.6) is 11.5 Å². The highest BCUT2D eigenvalue weighted by Gasteiger charge is 2.39. The van der Waals surface area contributed by atoms with Gasteiger partial charge in [-0.3, -0.25) is 0 Å². The molecule has 0 aliphatic heterocycles. The zero-order chi connectivity index (χ0) is 28.0. The van der Waals surface area contributed by atoms with E-state index in [2.05, 4.69) is 106 Å². The Morgan fingerprint density at radius 2 is 1.17 bits per heavy atom. The van der Waals surface area contributed by atoms with Gasteiger partial charge < -0.3 is 9.53 Å². The molecule has 2 aromatic carbocycles. The van der Waals surface area contributed by atoms with E-state index in [-0.39, 0.29) is 21.3 Å². The number of aromatic hydroxyl groups is 1. The molecule has 2 aromatic rings. The minimum Gasteiger partial charge on any atom is -0.543 e. The third-order valence-corrected chi connectivity index (χ3v) is 12.6. The second-order valence-electron chi connectivity index (χ2n) is 10.2. The molecule has 0 atom stereocenters. The Balaban J connectivity index is -0.000000485. The maximum absolute atomic E-state index is 9.10. The lowest BCUT2D eigenvalue weighted by atomic mass is 10.1. The van der Waals surface area contributed by atoms with Crippen LogP contribution >= 0.6 is 42.9 Å². The summed E-state index contributed by atoms with van der Waals surface area (Å²) in [6.45, 7) is 25.9. The molecule has 0 bridgehead atoms. The quantitative estimate of drug-likeness (QED) is 0.257. The minimum atomic E-state index is -1.72. The van der Waals surface area contributed by atoms with Gasteiger partial charge in [0.25, 0.3) is 0 Å². The van der Waals surface area contributed by atoms with E-state index in [1.54, 1.807) is 12.1 Å². The van der Waals surface area contributed by atoms with Crippen LogP contribution in [0.3, 0.4) is 0 Å². The normalized spacial score (nSPS) is 10.8. The molecule has 0 fully saturated rings. The molecule has 210 valence electrons. The molecule has 0 aliphatic rings. The summed E-state index contributed by atoms with van der Waals surface area (Å²) >= 11 is 12.1. The predicted octanol–water partition coefficient (Wildman–Crippen LogP) is 11.4. The van der Waals surface area contributed by atoms with Crippen LogP contribution in [0.1, 0.15) is 83.6 Å². The summed E-state index contributed by atoms with van der Waals surface area (Å²) in [4.78, 5) is 0. The molecule has 7 heteroatoms. The van der Waals surface area contributed by atoms with Crippen molar-refractivity contribution in [2.75, 3.05) is 0 Å². The van der Waals surface area contributed by atoms with Gasteiger partial charge in [0.1, 0.15) is 20.3 Å². The molecular formula is C29H53Br2ClO2Si2. The number of aryl methyl sites for hydroxylation is 4. The fourth-order valence-electron chi connectivity index (χ4n) is 2.69. The van der Waals surface area contributed by atoms with Crippen LogP contribution in [0, 0.1) is 27.7 Å². The highest BCUT2D eigenvalue weighted by atomic mass is 79.9. The van der Waals surface area contributed by atoms with Gasteiger partial charge in [-0.1, -0.05) is 99.7 Å². The Morgan fingerprint density at radius 3 is 1.42 bits per heavy atom. The zero-order valence-corrected chi connectivity index (χ0v) is 30.5. The lowest BCUT2D eigenvalue weighted by Gasteiger charge is -2.36. The Kier molecular flexibility index (Phi) is 22.1. The van der Waals surface area contributed by atoms with E-state index in [4.69, 9.17) is 20.6 Å². The molecule has 0 spiro atoms. The lowest BCUT2D eigenvalue weighted by molar-refractivity contribution is 0.474. The van der Waals surface area contributed by atoms with Gasteiger partial charge in [-0.25, -0.2) is 0 Å². The molecule has 0 radical (unpaired) electrons. The van der Waals surface area contributed by atoms with Crippen LogP contribution in [0.15, 0.2) is 33.2 Å². The third kappa shape index (κ3) is 15.9. The van der Waals surface area contributed by atoms with Crippen molar-refractivity contribution < 1.29 is 9.53 Å². The molecule has 2 rings (SSSR count). The van der Waals surface area contributed by atoms with E-state index in [1.165, 1.54) is 34.9 Å². The van der Waals surface area contributed by atoms with Crippen LogP contribution < -0.4 is 4.43 Å². The number of halogens is 3. The van der Waals surface area contributed by atoms with Gasteiger partial charge in [0.2, 0.25) is 8.32 Å². The first kappa shape index (κ1) is 40.2. The fourth-order valence-corrected chi connectivity index (χ4v) is 4.16. The summed E-state index contributed by atoms with van der Waals surface area (Å²) in [6.07, 6.45) is 4.08. The maximum Gasteiger partial charge on any atom is 0.250 e. The first-order chi connectivity index (χ1) is 16.0. The van der Waals surface area contributed by atoms with Crippen molar-refractivity contribution in [1.29, 1.82) is 0 Å². The van der Waals surface area contributed by atoms with Crippen molar-refractivity contribution in [1.82, 2.24) is 0 Å². The molecule has 0 heterocycles. The summed E-state index contributed by atoms with van der Waals surface area (Å²) in [5.41, 5.74) is 4.60. The smallest absolute Gasteiger partial charge is 0.250 e. The van der Waals surface area contributed by atoms with Crippen molar-refractivity contribution in [2.45, 2.75) is 114 Å². The highest BCUT2D eigenvalue weighted by Crippen LogP contribution is 2.38. The number of phenolic OH excluding ortho intramolecular Hbond substituents is 1. The Hall–Kier alpha value is -0.276. The number of unbranched alkanes of at least 4 members (excludes halogenated alkanes) is 2. The summed E-state index contributed by atoms with van der Waals surface area (Å²) < 4.78 is 8.56. The molecule has 1 N–H and O–H groups in total. The Bertz CT molecular complexity index is 834. The van der Waals surface area contributed by atoms with Gasteiger partial charge in [0, 0.05) is 8.95 Å². The van der Waals surface area contributed by atoms with Gasteiger partial charge in [-0.2, -0.15) is 11.1 Å². The van der Waals surface area contributed by atoms with Crippen LogP contribution in [0.25, 0.3) is 0 Å². The van der Waals surface area contributed by atoms with Crippen LogP contribution in [0.2, 0.25) is 24.7 Å². The lowest BCUT2D eigenvalue weighted by Crippen LogP contribution is -2.43. The maximum atomic E-state index is 9.10. The topological polar surface area (TPSA) is 29.5 Å².